The molecule has 10 nitrogen and oxygen atoms in total. The maximum atomic E-state index is 13.7. The molecule has 10 heteroatoms. The van der Waals surface area contributed by atoms with E-state index in [9.17, 15) is 39.9 Å². The predicted molar refractivity (Wildman–Crippen MR) is 110 cm³/mol. The molecule has 32 heavy (non-hydrogen) atoms. The molecule has 1 amide bonds. The van der Waals surface area contributed by atoms with E-state index in [0.29, 0.717) is 5.56 Å². The number of hydrogen-bond acceptors (Lipinski definition) is 9. The van der Waals surface area contributed by atoms with Crippen molar-refractivity contribution in [2.45, 2.75) is 30.6 Å². The minimum absolute atomic E-state index is 0.0245. The van der Waals surface area contributed by atoms with E-state index < -0.39 is 75.6 Å². The van der Waals surface area contributed by atoms with Crippen LogP contribution in [0.2, 0.25) is 0 Å². The van der Waals surface area contributed by atoms with Gasteiger partial charge < -0.3 is 31.3 Å². The lowest BCUT2D eigenvalue weighted by Gasteiger charge is -2.53. The number of carbonyl (C=O) groups is 3. The number of rotatable bonds is 2. The molecule has 3 aliphatic rings. The van der Waals surface area contributed by atoms with Crippen molar-refractivity contribution in [2.24, 2.45) is 17.6 Å². The van der Waals surface area contributed by atoms with Gasteiger partial charge in [-0.05, 0) is 31.6 Å². The third-order valence-electron chi connectivity index (χ3n) is 6.99. The number of nitrogens with zero attached hydrogens (tertiary/aromatic N) is 1. The van der Waals surface area contributed by atoms with Crippen molar-refractivity contribution in [1.82, 2.24) is 4.90 Å². The van der Waals surface area contributed by atoms with E-state index >= 15 is 0 Å². The third-order valence-corrected chi connectivity index (χ3v) is 6.99. The number of primary amides is 1. The second-order valence-corrected chi connectivity index (χ2v) is 8.79. The number of phenols is 1. The molecule has 170 valence electrons. The lowest BCUT2D eigenvalue weighted by Crippen LogP contribution is -2.70. The number of aliphatic hydroxyl groups is 4. The quantitative estimate of drug-likeness (QED) is 0.327. The van der Waals surface area contributed by atoms with Crippen LogP contribution in [0.15, 0.2) is 35.1 Å². The summed E-state index contributed by atoms with van der Waals surface area (Å²) in [7, 11) is 2.92. The number of aliphatic hydroxyl groups excluding tert-OH is 3. The van der Waals surface area contributed by atoms with E-state index in [0.717, 1.165) is 0 Å². The lowest BCUT2D eigenvalue weighted by atomic mass is 9.54. The zero-order valence-electron chi connectivity index (χ0n) is 17.6. The Kier molecular flexibility index (Phi) is 4.74. The summed E-state index contributed by atoms with van der Waals surface area (Å²) in [6, 6.07) is 3.13. The number of ketones is 2. The molecule has 1 saturated carbocycles. The first-order valence-electron chi connectivity index (χ1n) is 10.0. The summed E-state index contributed by atoms with van der Waals surface area (Å²) in [5.74, 6) is -8.87. The van der Waals surface area contributed by atoms with Crippen molar-refractivity contribution in [3.63, 3.8) is 0 Å². The van der Waals surface area contributed by atoms with Gasteiger partial charge in [0.15, 0.2) is 11.4 Å². The molecule has 0 bridgehead atoms. The number of likely N-dealkylation sites (N-methyl/N-ethyl adjacent to an activating group) is 1. The van der Waals surface area contributed by atoms with Crippen LogP contribution in [0.5, 0.6) is 5.75 Å². The Morgan fingerprint density at radius 3 is 2.34 bits per heavy atom. The van der Waals surface area contributed by atoms with E-state index in [1.807, 2.05) is 0 Å². The van der Waals surface area contributed by atoms with Crippen LogP contribution in [-0.2, 0) is 14.4 Å². The van der Waals surface area contributed by atoms with Crippen molar-refractivity contribution in [2.75, 3.05) is 14.1 Å². The third kappa shape index (κ3) is 2.48. The van der Waals surface area contributed by atoms with Gasteiger partial charge in [-0.2, -0.15) is 0 Å². The second kappa shape index (κ2) is 6.89. The summed E-state index contributed by atoms with van der Waals surface area (Å²) in [5.41, 5.74) is 1.47. The monoisotopic (exact) mass is 444 g/mol. The number of nitrogens with two attached hydrogens (primary N) is 1. The minimum atomic E-state index is -2.89. The van der Waals surface area contributed by atoms with E-state index in [-0.39, 0.29) is 11.3 Å². The summed E-state index contributed by atoms with van der Waals surface area (Å²) < 4.78 is 0. The van der Waals surface area contributed by atoms with Crippen LogP contribution < -0.4 is 5.73 Å². The fraction of sp³-hybridized carbons (Fsp3) is 0.409. The van der Waals surface area contributed by atoms with Crippen LogP contribution >= 0.6 is 0 Å². The normalized spacial score (nSPS) is 34.4. The Morgan fingerprint density at radius 1 is 1.16 bits per heavy atom. The summed E-state index contributed by atoms with van der Waals surface area (Å²) in [6.07, 6.45) is -1.59. The first-order valence-corrected chi connectivity index (χ1v) is 10.0. The highest BCUT2D eigenvalue weighted by atomic mass is 16.4. The molecule has 1 aromatic carbocycles. The van der Waals surface area contributed by atoms with Gasteiger partial charge >= 0.3 is 0 Å². The molecule has 0 aromatic heterocycles. The predicted octanol–water partition coefficient (Wildman–Crippen LogP) is -0.504. The fourth-order valence-corrected chi connectivity index (χ4v) is 5.58. The summed E-state index contributed by atoms with van der Waals surface area (Å²) >= 11 is 0. The van der Waals surface area contributed by atoms with Crippen LogP contribution in [0, 0.1) is 11.8 Å². The number of amides is 1. The van der Waals surface area contributed by atoms with Crippen molar-refractivity contribution in [1.29, 1.82) is 0 Å². The Labute approximate surface area is 182 Å². The van der Waals surface area contributed by atoms with Gasteiger partial charge in [-0.3, -0.25) is 19.3 Å². The molecule has 3 aliphatic carbocycles. The number of fused-ring (bicyclic) bond motifs is 3. The topological polar surface area (TPSA) is 182 Å². The highest BCUT2D eigenvalue weighted by Gasteiger charge is 2.68. The summed E-state index contributed by atoms with van der Waals surface area (Å²) in [5, 5.41) is 54.9. The number of phenolic OH excluding ortho intramolecular Hbond substituents is 1. The highest BCUT2D eigenvalue weighted by molar-refractivity contribution is 6.24. The van der Waals surface area contributed by atoms with Gasteiger partial charge in [0.1, 0.15) is 22.8 Å². The van der Waals surface area contributed by atoms with Crippen LogP contribution in [0.3, 0.4) is 0 Å². The van der Waals surface area contributed by atoms with Gasteiger partial charge in [0, 0.05) is 11.5 Å². The van der Waals surface area contributed by atoms with E-state index in [1.54, 1.807) is 19.1 Å². The minimum Gasteiger partial charge on any atom is -0.508 e. The smallest absolute Gasteiger partial charge is 0.255 e. The van der Waals surface area contributed by atoms with Gasteiger partial charge in [0.25, 0.3) is 5.91 Å². The Morgan fingerprint density at radius 2 is 1.78 bits per heavy atom. The van der Waals surface area contributed by atoms with E-state index in [4.69, 9.17) is 5.73 Å². The summed E-state index contributed by atoms with van der Waals surface area (Å²) in [4.78, 5) is 40.0. The molecule has 4 rings (SSSR count). The molecule has 1 aromatic rings. The number of carbonyl (C=O) groups excluding carboxylic acids is 3. The van der Waals surface area contributed by atoms with E-state index in [1.165, 1.54) is 25.1 Å². The van der Waals surface area contributed by atoms with Gasteiger partial charge in [-0.1, -0.05) is 19.1 Å². The average Bonchev–Trinajstić information content (AvgIpc) is 2.70. The largest absolute Gasteiger partial charge is 0.508 e. The van der Waals surface area contributed by atoms with E-state index in [2.05, 4.69) is 0 Å². The summed E-state index contributed by atoms with van der Waals surface area (Å²) in [6.45, 7) is 1.68. The lowest BCUT2D eigenvalue weighted by molar-refractivity contribution is -0.169. The van der Waals surface area contributed by atoms with Crippen LogP contribution in [-0.4, -0.2) is 79.7 Å². The SMILES string of the molecule is C[C@@H]1c2cccc(O)c2C(O)=C2C(=O)[C@]3(O)C(O)=C(C(N)=O)C(=O)[C@H](N(C)C)C3C(O)C21. The molecule has 0 spiro atoms. The molecule has 7 N–H and O–H groups in total. The molecule has 3 unspecified atom stereocenters. The average molecular weight is 444 g/mol. The molecular weight excluding hydrogens is 420 g/mol. The van der Waals surface area contributed by atoms with Gasteiger partial charge in [-0.15, -0.1) is 0 Å². The molecular formula is C22H24N2O8. The maximum Gasteiger partial charge on any atom is 0.255 e. The molecule has 0 radical (unpaired) electrons. The Balaban J connectivity index is 2.07. The zero-order chi connectivity index (χ0) is 23.9. The Bertz CT molecular complexity index is 1140. The zero-order valence-corrected chi connectivity index (χ0v) is 17.6. The van der Waals surface area contributed by atoms with Gasteiger partial charge in [0.2, 0.25) is 5.78 Å². The van der Waals surface area contributed by atoms with Crippen molar-refractivity contribution >= 4 is 23.2 Å². The van der Waals surface area contributed by atoms with Crippen LogP contribution in [0.1, 0.15) is 24.0 Å². The number of benzene rings is 1. The van der Waals surface area contributed by atoms with Gasteiger partial charge in [-0.25, -0.2) is 0 Å². The number of Topliss-reactive ketones (excluding diaryl/α,β-unsaturated/α-hetero) is 2. The van der Waals surface area contributed by atoms with Crippen molar-refractivity contribution < 1.29 is 39.9 Å². The molecule has 6 atom stereocenters. The highest BCUT2D eigenvalue weighted by Crippen LogP contribution is 2.55. The Hall–Kier alpha value is -3.21. The second-order valence-electron chi connectivity index (χ2n) is 8.79. The molecule has 0 aliphatic heterocycles. The molecule has 0 heterocycles. The first-order chi connectivity index (χ1) is 14.9. The van der Waals surface area contributed by atoms with Crippen LogP contribution in [0.4, 0.5) is 0 Å². The van der Waals surface area contributed by atoms with Gasteiger partial charge in [0.05, 0.1) is 23.6 Å². The maximum absolute atomic E-state index is 13.7. The van der Waals surface area contributed by atoms with Crippen molar-refractivity contribution in [3.8, 4) is 5.75 Å². The number of aromatic hydroxyl groups is 1. The number of hydrogen-bond donors (Lipinski definition) is 6. The van der Waals surface area contributed by atoms with Crippen molar-refractivity contribution in [3.05, 3.63) is 46.2 Å². The molecule has 1 fully saturated rings. The fourth-order valence-electron chi connectivity index (χ4n) is 5.58. The molecule has 0 saturated heterocycles. The van der Waals surface area contributed by atoms with Crippen LogP contribution in [0.25, 0.3) is 5.76 Å². The standard InChI is InChI=1S/C22H24N2O8/c1-7-8-5-4-6-9(25)11(8)16(26)12-10(7)17(27)14-15(24(2)3)18(28)13(21(23)31)20(30)22(14,32)19(12)29/h4-7,10,14-15,17,25-27,30,32H,1-3H3,(H2,23,31)/t7-,10?,14?,15-,17?,22+/m1/s1. The first kappa shape index (κ1) is 22.0.